The van der Waals surface area contributed by atoms with Gasteiger partial charge in [-0.15, -0.1) is 0 Å². The minimum atomic E-state index is 0.361. The predicted molar refractivity (Wildman–Crippen MR) is 96.7 cm³/mol. The van der Waals surface area contributed by atoms with Crippen molar-refractivity contribution in [2.45, 2.75) is 45.2 Å². The van der Waals surface area contributed by atoms with E-state index in [0.29, 0.717) is 12.1 Å². The molecule has 2 atom stereocenters. The topological polar surface area (TPSA) is 27.8 Å². The van der Waals surface area contributed by atoms with Crippen molar-refractivity contribution in [3.05, 3.63) is 70.9 Å². The maximum Gasteiger partial charge on any atom is 0.0480 e. The van der Waals surface area contributed by atoms with Crippen molar-refractivity contribution in [2.75, 3.05) is 0 Å². The zero-order chi connectivity index (χ0) is 15.8. The molecule has 1 heterocycles. The molecule has 118 valence electrons. The van der Waals surface area contributed by atoms with Crippen LogP contribution < -0.4 is 5.32 Å². The van der Waals surface area contributed by atoms with Crippen LogP contribution in [0.25, 0.3) is 10.9 Å². The number of hydrogen-bond donors (Lipinski definition) is 2. The molecule has 0 saturated carbocycles. The highest BCUT2D eigenvalue weighted by molar-refractivity contribution is 5.85. The van der Waals surface area contributed by atoms with Gasteiger partial charge in [0, 0.05) is 28.7 Å². The van der Waals surface area contributed by atoms with Gasteiger partial charge in [-0.1, -0.05) is 42.0 Å². The van der Waals surface area contributed by atoms with Gasteiger partial charge in [-0.2, -0.15) is 0 Å². The van der Waals surface area contributed by atoms with Crippen molar-refractivity contribution in [1.82, 2.24) is 10.3 Å². The summed E-state index contributed by atoms with van der Waals surface area (Å²) in [7, 11) is 0. The Morgan fingerprint density at radius 1 is 1.13 bits per heavy atom. The van der Waals surface area contributed by atoms with E-state index in [9.17, 15) is 0 Å². The average Bonchev–Trinajstić information content (AvgIpc) is 2.95. The zero-order valence-corrected chi connectivity index (χ0v) is 13.9. The van der Waals surface area contributed by atoms with E-state index in [1.54, 1.807) is 0 Å². The average molecular weight is 304 g/mol. The summed E-state index contributed by atoms with van der Waals surface area (Å²) < 4.78 is 0. The van der Waals surface area contributed by atoms with Crippen molar-refractivity contribution >= 4 is 10.9 Å². The van der Waals surface area contributed by atoms with Crippen LogP contribution in [-0.4, -0.2) is 4.98 Å². The Kier molecular flexibility index (Phi) is 3.70. The van der Waals surface area contributed by atoms with Gasteiger partial charge in [0.05, 0.1) is 0 Å². The maximum absolute atomic E-state index is 3.84. The lowest BCUT2D eigenvalue weighted by Crippen LogP contribution is -2.27. The van der Waals surface area contributed by atoms with Gasteiger partial charge in [0.25, 0.3) is 0 Å². The molecule has 1 aliphatic carbocycles. The summed E-state index contributed by atoms with van der Waals surface area (Å²) >= 11 is 0. The van der Waals surface area contributed by atoms with E-state index in [-0.39, 0.29) is 0 Å². The number of benzene rings is 2. The first-order valence-corrected chi connectivity index (χ1v) is 8.64. The molecule has 0 bridgehead atoms. The number of fused-ring (bicyclic) bond motifs is 3. The predicted octanol–water partition coefficient (Wildman–Crippen LogP) is 5.20. The Morgan fingerprint density at radius 3 is 2.78 bits per heavy atom. The van der Waals surface area contributed by atoms with Gasteiger partial charge in [-0.25, -0.2) is 0 Å². The number of aromatic amines is 1. The molecule has 23 heavy (non-hydrogen) atoms. The Balaban J connectivity index is 1.66. The highest BCUT2D eigenvalue weighted by atomic mass is 15.0. The first-order valence-electron chi connectivity index (χ1n) is 8.64. The highest BCUT2D eigenvalue weighted by Crippen LogP contribution is 2.36. The van der Waals surface area contributed by atoms with Gasteiger partial charge in [0.15, 0.2) is 0 Å². The molecule has 0 radical (unpaired) electrons. The van der Waals surface area contributed by atoms with E-state index in [1.807, 2.05) is 0 Å². The summed E-state index contributed by atoms with van der Waals surface area (Å²) in [5.41, 5.74) is 6.90. The summed E-state index contributed by atoms with van der Waals surface area (Å²) in [6.45, 7) is 4.44. The van der Waals surface area contributed by atoms with Gasteiger partial charge < -0.3 is 10.3 Å². The SMILES string of the molecule is Cc1ccc2[nH]c3c(c2c1)CCC[C@H]3N[C@@H](C)c1ccccc1. The molecule has 2 nitrogen and oxygen atoms in total. The van der Waals surface area contributed by atoms with E-state index >= 15 is 0 Å². The smallest absolute Gasteiger partial charge is 0.0480 e. The second-order valence-electron chi connectivity index (χ2n) is 6.81. The monoisotopic (exact) mass is 304 g/mol. The molecule has 3 aromatic rings. The first-order chi connectivity index (χ1) is 11.2. The highest BCUT2D eigenvalue weighted by Gasteiger charge is 2.25. The molecule has 4 rings (SSSR count). The van der Waals surface area contributed by atoms with Crippen LogP contribution in [0.15, 0.2) is 48.5 Å². The molecule has 0 spiro atoms. The Morgan fingerprint density at radius 2 is 1.96 bits per heavy atom. The summed E-state index contributed by atoms with van der Waals surface area (Å²) in [4.78, 5) is 3.69. The number of H-pyrrole nitrogens is 1. The second-order valence-corrected chi connectivity index (χ2v) is 6.81. The number of rotatable bonds is 3. The van der Waals surface area contributed by atoms with Crippen molar-refractivity contribution < 1.29 is 0 Å². The van der Waals surface area contributed by atoms with Crippen molar-refractivity contribution in [2.24, 2.45) is 0 Å². The van der Waals surface area contributed by atoms with Gasteiger partial charge in [-0.05, 0) is 56.4 Å². The van der Waals surface area contributed by atoms with E-state index < -0.39 is 0 Å². The molecule has 1 aliphatic rings. The summed E-state index contributed by atoms with van der Waals surface area (Å²) in [6, 6.07) is 18.2. The molecule has 2 heteroatoms. The summed E-state index contributed by atoms with van der Waals surface area (Å²) in [5.74, 6) is 0. The molecule has 0 unspecified atom stereocenters. The molecule has 0 fully saturated rings. The van der Waals surface area contributed by atoms with Crippen LogP contribution in [0.1, 0.15) is 54.2 Å². The molecule has 0 saturated heterocycles. The second kappa shape index (κ2) is 5.86. The van der Waals surface area contributed by atoms with Crippen LogP contribution in [0.5, 0.6) is 0 Å². The van der Waals surface area contributed by atoms with Crippen LogP contribution >= 0.6 is 0 Å². The number of aryl methyl sites for hydroxylation is 2. The third-order valence-corrected chi connectivity index (χ3v) is 5.11. The zero-order valence-electron chi connectivity index (χ0n) is 13.9. The quantitative estimate of drug-likeness (QED) is 0.683. The van der Waals surface area contributed by atoms with Crippen LogP contribution in [0.3, 0.4) is 0 Å². The fraction of sp³-hybridized carbons (Fsp3) is 0.333. The third kappa shape index (κ3) is 2.68. The fourth-order valence-corrected chi connectivity index (χ4v) is 3.88. The lowest BCUT2D eigenvalue weighted by Gasteiger charge is -2.27. The van der Waals surface area contributed by atoms with E-state index in [2.05, 4.69) is 72.7 Å². The first kappa shape index (κ1) is 14.5. The summed E-state index contributed by atoms with van der Waals surface area (Å²) in [6.07, 6.45) is 3.65. The number of aromatic nitrogens is 1. The van der Waals surface area contributed by atoms with Gasteiger partial charge in [0.1, 0.15) is 0 Å². The lowest BCUT2D eigenvalue weighted by atomic mass is 9.90. The maximum atomic E-state index is 3.84. The van der Waals surface area contributed by atoms with E-state index in [1.165, 1.54) is 52.5 Å². The molecule has 0 aliphatic heterocycles. The van der Waals surface area contributed by atoms with E-state index in [0.717, 1.165) is 0 Å². The van der Waals surface area contributed by atoms with Crippen LogP contribution in [0, 0.1) is 6.92 Å². The van der Waals surface area contributed by atoms with Crippen molar-refractivity contribution in [3.63, 3.8) is 0 Å². The van der Waals surface area contributed by atoms with Crippen molar-refractivity contribution in [1.29, 1.82) is 0 Å². The Labute approximate surface area is 137 Å². The molecule has 2 aromatic carbocycles. The Bertz CT molecular complexity index is 816. The lowest BCUT2D eigenvalue weighted by molar-refractivity contribution is 0.410. The van der Waals surface area contributed by atoms with Gasteiger partial charge in [-0.3, -0.25) is 0 Å². The van der Waals surface area contributed by atoms with Crippen LogP contribution in [-0.2, 0) is 6.42 Å². The third-order valence-electron chi connectivity index (χ3n) is 5.11. The largest absolute Gasteiger partial charge is 0.357 e. The standard InChI is InChI=1S/C21H24N2/c1-14-11-12-19-18(13-14)17-9-6-10-20(21(17)23-19)22-15(2)16-7-4-3-5-8-16/h3-5,7-8,11-13,15,20,22-23H,6,9-10H2,1-2H3/t15-,20+/m0/s1. The Hall–Kier alpha value is -2.06. The summed E-state index contributed by atoms with van der Waals surface area (Å²) in [5, 5.41) is 5.25. The normalized spacial score (nSPS) is 18.8. The number of nitrogens with one attached hydrogen (secondary N) is 2. The minimum Gasteiger partial charge on any atom is -0.357 e. The van der Waals surface area contributed by atoms with Crippen molar-refractivity contribution in [3.8, 4) is 0 Å². The minimum absolute atomic E-state index is 0.361. The van der Waals surface area contributed by atoms with Gasteiger partial charge >= 0.3 is 0 Å². The molecular formula is C21H24N2. The molecule has 1 aromatic heterocycles. The molecule has 0 amide bonds. The van der Waals surface area contributed by atoms with E-state index in [4.69, 9.17) is 0 Å². The molecular weight excluding hydrogens is 280 g/mol. The van der Waals surface area contributed by atoms with Crippen LogP contribution in [0.4, 0.5) is 0 Å². The molecule has 2 N–H and O–H groups in total. The fourth-order valence-electron chi connectivity index (χ4n) is 3.88. The number of hydrogen-bond acceptors (Lipinski definition) is 1. The van der Waals surface area contributed by atoms with Crippen LogP contribution in [0.2, 0.25) is 0 Å². The van der Waals surface area contributed by atoms with Gasteiger partial charge in [0.2, 0.25) is 0 Å².